The Kier molecular flexibility index (Phi) is 11.1. The van der Waals surface area contributed by atoms with Crippen molar-refractivity contribution in [3.63, 3.8) is 0 Å². The lowest BCUT2D eigenvalue weighted by molar-refractivity contribution is -0.129. The number of hydrogen-bond acceptors (Lipinski definition) is 3. The van der Waals surface area contributed by atoms with E-state index in [1.165, 1.54) is 37.1 Å². The minimum Gasteiger partial charge on any atom is -0.357 e. The standard InChI is InChI=1S/C24H39N5O.HI/c1-4-23(30)29-14-11-22(18-29)27-24(25-5-2)26-16-20-7-6-8-21(15-20)17-28-12-9-19(3)10-13-28;/h6-8,15,19,22H,4-5,9-14,16-18H2,1-3H3,(H2,25,26,27);1H. The van der Waals surface area contributed by atoms with Gasteiger partial charge < -0.3 is 15.5 Å². The average Bonchev–Trinajstić information content (AvgIpc) is 3.22. The van der Waals surface area contributed by atoms with Gasteiger partial charge in [-0.15, -0.1) is 24.0 Å². The summed E-state index contributed by atoms with van der Waals surface area (Å²) in [5.41, 5.74) is 2.61. The van der Waals surface area contributed by atoms with Crippen molar-refractivity contribution in [1.82, 2.24) is 20.4 Å². The summed E-state index contributed by atoms with van der Waals surface area (Å²) in [6.07, 6.45) is 4.17. The van der Waals surface area contributed by atoms with Crippen LogP contribution in [0.3, 0.4) is 0 Å². The quantitative estimate of drug-likeness (QED) is 0.315. The number of nitrogens with one attached hydrogen (secondary N) is 2. The average molecular weight is 542 g/mol. The Morgan fingerprint density at radius 3 is 2.58 bits per heavy atom. The minimum absolute atomic E-state index is 0. The van der Waals surface area contributed by atoms with Gasteiger partial charge in [-0.2, -0.15) is 0 Å². The molecule has 7 heteroatoms. The Morgan fingerprint density at radius 2 is 1.87 bits per heavy atom. The molecular formula is C24H40IN5O. The molecule has 1 atom stereocenters. The van der Waals surface area contributed by atoms with Crippen molar-refractivity contribution in [3.05, 3.63) is 35.4 Å². The fourth-order valence-electron chi connectivity index (χ4n) is 4.32. The van der Waals surface area contributed by atoms with E-state index < -0.39 is 0 Å². The SMILES string of the molecule is CCNC(=NCc1cccc(CN2CCC(C)CC2)c1)NC1CCN(C(=O)CC)C1.I. The second-order valence-electron chi connectivity index (χ2n) is 8.80. The molecule has 2 fully saturated rings. The first-order chi connectivity index (χ1) is 14.6. The van der Waals surface area contributed by atoms with Crippen molar-refractivity contribution in [2.75, 3.05) is 32.7 Å². The molecule has 0 spiro atoms. The summed E-state index contributed by atoms with van der Waals surface area (Å²) >= 11 is 0. The third kappa shape index (κ3) is 8.25. The number of amides is 1. The minimum atomic E-state index is 0. The van der Waals surface area contributed by atoms with Gasteiger partial charge in [0.25, 0.3) is 0 Å². The number of likely N-dealkylation sites (tertiary alicyclic amines) is 2. The first-order valence-electron chi connectivity index (χ1n) is 11.7. The van der Waals surface area contributed by atoms with E-state index in [-0.39, 0.29) is 35.9 Å². The first-order valence-corrected chi connectivity index (χ1v) is 11.7. The predicted molar refractivity (Wildman–Crippen MR) is 139 cm³/mol. The maximum Gasteiger partial charge on any atom is 0.222 e. The second kappa shape index (κ2) is 13.3. The molecule has 0 saturated carbocycles. The maximum absolute atomic E-state index is 11.9. The van der Waals surface area contributed by atoms with Crippen LogP contribution < -0.4 is 10.6 Å². The number of aliphatic imine (C=N–C) groups is 1. The summed E-state index contributed by atoms with van der Waals surface area (Å²) < 4.78 is 0. The molecular weight excluding hydrogens is 501 g/mol. The topological polar surface area (TPSA) is 60.0 Å². The Balaban J connectivity index is 0.00000341. The van der Waals surface area contributed by atoms with Crippen LogP contribution in [0.2, 0.25) is 0 Å². The summed E-state index contributed by atoms with van der Waals surface area (Å²) in [7, 11) is 0. The fraction of sp³-hybridized carbons (Fsp3) is 0.667. The van der Waals surface area contributed by atoms with E-state index in [2.05, 4.69) is 53.6 Å². The Morgan fingerprint density at radius 1 is 1.13 bits per heavy atom. The van der Waals surface area contributed by atoms with Crippen LogP contribution in [0.1, 0.15) is 57.6 Å². The van der Waals surface area contributed by atoms with Gasteiger partial charge in [0, 0.05) is 38.6 Å². The van der Waals surface area contributed by atoms with E-state index in [0.29, 0.717) is 13.0 Å². The zero-order valence-electron chi connectivity index (χ0n) is 19.4. The molecule has 2 N–H and O–H groups in total. The molecule has 0 aliphatic carbocycles. The van der Waals surface area contributed by atoms with Gasteiger partial charge in [-0.05, 0) is 56.3 Å². The number of carbonyl (C=O) groups excluding carboxylic acids is 1. The van der Waals surface area contributed by atoms with Crippen LogP contribution in [-0.2, 0) is 17.9 Å². The lowest BCUT2D eigenvalue weighted by atomic mass is 9.98. The van der Waals surface area contributed by atoms with Crippen LogP contribution in [0.15, 0.2) is 29.3 Å². The fourth-order valence-corrected chi connectivity index (χ4v) is 4.32. The molecule has 1 aromatic carbocycles. The normalized spacial score (nSPS) is 20.4. The van der Waals surface area contributed by atoms with Crippen LogP contribution in [0.25, 0.3) is 0 Å². The maximum atomic E-state index is 11.9. The van der Waals surface area contributed by atoms with Gasteiger partial charge in [0.15, 0.2) is 5.96 Å². The van der Waals surface area contributed by atoms with E-state index in [0.717, 1.165) is 44.5 Å². The molecule has 2 aliphatic rings. The summed E-state index contributed by atoms with van der Waals surface area (Å²) in [5.74, 6) is 1.94. The molecule has 174 valence electrons. The number of halogens is 1. The monoisotopic (exact) mass is 541 g/mol. The molecule has 2 heterocycles. The number of benzene rings is 1. The van der Waals surface area contributed by atoms with Crippen molar-refractivity contribution >= 4 is 35.8 Å². The molecule has 0 radical (unpaired) electrons. The highest BCUT2D eigenvalue weighted by molar-refractivity contribution is 14.0. The molecule has 6 nitrogen and oxygen atoms in total. The van der Waals surface area contributed by atoms with Crippen LogP contribution in [-0.4, -0.2) is 60.4 Å². The molecule has 0 aromatic heterocycles. The highest BCUT2D eigenvalue weighted by Crippen LogP contribution is 2.18. The van der Waals surface area contributed by atoms with Gasteiger partial charge in [-0.1, -0.05) is 38.1 Å². The largest absolute Gasteiger partial charge is 0.357 e. The van der Waals surface area contributed by atoms with E-state index in [4.69, 9.17) is 4.99 Å². The van der Waals surface area contributed by atoms with Crippen LogP contribution >= 0.6 is 24.0 Å². The molecule has 1 aromatic rings. The summed E-state index contributed by atoms with van der Waals surface area (Å²) in [6, 6.07) is 9.10. The zero-order chi connectivity index (χ0) is 21.3. The summed E-state index contributed by atoms with van der Waals surface area (Å²) in [4.78, 5) is 21.3. The Bertz CT molecular complexity index is 718. The van der Waals surface area contributed by atoms with Crippen molar-refractivity contribution in [3.8, 4) is 0 Å². The first kappa shape index (κ1) is 25.9. The van der Waals surface area contributed by atoms with Crippen molar-refractivity contribution in [2.24, 2.45) is 10.9 Å². The molecule has 2 aliphatic heterocycles. The van der Waals surface area contributed by atoms with Crippen molar-refractivity contribution in [2.45, 2.75) is 65.6 Å². The van der Waals surface area contributed by atoms with E-state index in [1.807, 2.05) is 11.8 Å². The number of rotatable bonds is 7. The lowest BCUT2D eigenvalue weighted by Gasteiger charge is -2.30. The highest BCUT2D eigenvalue weighted by atomic mass is 127. The zero-order valence-corrected chi connectivity index (χ0v) is 21.7. The smallest absolute Gasteiger partial charge is 0.222 e. The number of guanidine groups is 1. The van der Waals surface area contributed by atoms with Gasteiger partial charge in [-0.3, -0.25) is 9.69 Å². The van der Waals surface area contributed by atoms with E-state index in [9.17, 15) is 4.79 Å². The molecule has 2 saturated heterocycles. The van der Waals surface area contributed by atoms with Gasteiger partial charge in [-0.25, -0.2) is 4.99 Å². The van der Waals surface area contributed by atoms with Crippen molar-refractivity contribution < 1.29 is 4.79 Å². The molecule has 1 amide bonds. The molecule has 0 bridgehead atoms. The second-order valence-corrected chi connectivity index (χ2v) is 8.80. The summed E-state index contributed by atoms with van der Waals surface area (Å²) in [6.45, 7) is 12.9. The highest BCUT2D eigenvalue weighted by Gasteiger charge is 2.25. The Hall–Kier alpha value is -1.35. The van der Waals surface area contributed by atoms with E-state index >= 15 is 0 Å². The van der Waals surface area contributed by atoms with Gasteiger partial charge in [0.1, 0.15) is 0 Å². The third-order valence-corrected chi connectivity index (χ3v) is 6.22. The van der Waals surface area contributed by atoms with Crippen LogP contribution in [0, 0.1) is 5.92 Å². The van der Waals surface area contributed by atoms with Crippen molar-refractivity contribution in [1.29, 1.82) is 0 Å². The third-order valence-electron chi connectivity index (χ3n) is 6.22. The van der Waals surface area contributed by atoms with Gasteiger partial charge in [0.2, 0.25) is 5.91 Å². The van der Waals surface area contributed by atoms with Crippen LogP contribution in [0.5, 0.6) is 0 Å². The predicted octanol–water partition coefficient (Wildman–Crippen LogP) is 3.60. The lowest BCUT2D eigenvalue weighted by Crippen LogP contribution is -2.45. The van der Waals surface area contributed by atoms with Gasteiger partial charge >= 0.3 is 0 Å². The molecule has 3 rings (SSSR count). The number of piperidine rings is 1. The summed E-state index contributed by atoms with van der Waals surface area (Å²) in [5, 5.41) is 6.87. The molecule has 31 heavy (non-hydrogen) atoms. The number of carbonyl (C=O) groups is 1. The van der Waals surface area contributed by atoms with Gasteiger partial charge in [0.05, 0.1) is 6.54 Å². The number of hydrogen-bond donors (Lipinski definition) is 2. The number of nitrogens with zero attached hydrogens (tertiary/aromatic N) is 3. The van der Waals surface area contributed by atoms with E-state index in [1.54, 1.807) is 0 Å². The Labute approximate surface area is 205 Å². The van der Waals surface area contributed by atoms with Crippen LogP contribution in [0.4, 0.5) is 0 Å². The molecule has 1 unspecified atom stereocenters.